The molecule has 0 bridgehead atoms. The van der Waals surface area contributed by atoms with Crippen molar-refractivity contribution in [3.63, 3.8) is 0 Å². The van der Waals surface area contributed by atoms with Gasteiger partial charge in [-0.3, -0.25) is 0 Å². The summed E-state index contributed by atoms with van der Waals surface area (Å²) in [6, 6.07) is 6.80. The Labute approximate surface area is 114 Å². The summed E-state index contributed by atoms with van der Waals surface area (Å²) in [5.74, 6) is 0. The SMILES string of the molecule is CNCc1ccc(Cl)cc1N(CCOC)C1CC1. The van der Waals surface area contributed by atoms with Crippen molar-refractivity contribution in [2.75, 3.05) is 32.2 Å². The van der Waals surface area contributed by atoms with Gasteiger partial charge in [0.1, 0.15) is 0 Å². The lowest BCUT2D eigenvalue weighted by atomic mass is 10.1. The van der Waals surface area contributed by atoms with Gasteiger partial charge in [-0.25, -0.2) is 0 Å². The van der Waals surface area contributed by atoms with E-state index in [1.807, 2.05) is 13.1 Å². The molecule has 1 aromatic carbocycles. The third kappa shape index (κ3) is 3.37. The van der Waals surface area contributed by atoms with Crippen LogP contribution in [0.3, 0.4) is 0 Å². The van der Waals surface area contributed by atoms with E-state index in [2.05, 4.69) is 22.3 Å². The summed E-state index contributed by atoms with van der Waals surface area (Å²) in [6.45, 7) is 2.54. The van der Waals surface area contributed by atoms with Crippen molar-refractivity contribution in [3.8, 4) is 0 Å². The minimum Gasteiger partial charge on any atom is -0.383 e. The first-order chi connectivity index (χ1) is 8.76. The molecular formula is C14H21ClN2O. The van der Waals surface area contributed by atoms with E-state index in [-0.39, 0.29) is 0 Å². The molecule has 3 nitrogen and oxygen atoms in total. The smallest absolute Gasteiger partial charge is 0.0637 e. The number of halogens is 1. The average molecular weight is 269 g/mol. The van der Waals surface area contributed by atoms with Gasteiger partial charge in [-0.05, 0) is 37.6 Å². The van der Waals surface area contributed by atoms with Crippen molar-refractivity contribution in [2.45, 2.75) is 25.4 Å². The lowest BCUT2D eigenvalue weighted by Crippen LogP contribution is -2.30. The van der Waals surface area contributed by atoms with E-state index in [9.17, 15) is 0 Å². The zero-order chi connectivity index (χ0) is 13.0. The Morgan fingerprint density at radius 1 is 1.44 bits per heavy atom. The highest BCUT2D eigenvalue weighted by atomic mass is 35.5. The van der Waals surface area contributed by atoms with Gasteiger partial charge in [-0.15, -0.1) is 0 Å². The number of rotatable bonds is 7. The standard InChI is InChI=1S/C14H21ClN2O/c1-16-10-11-3-4-12(15)9-14(11)17(7-8-18-2)13-5-6-13/h3-4,9,13,16H,5-8,10H2,1-2H3. The molecule has 1 fully saturated rings. The van der Waals surface area contributed by atoms with Crippen molar-refractivity contribution in [1.82, 2.24) is 5.32 Å². The molecule has 0 amide bonds. The molecule has 0 saturated heterocycles. The van der Waals surface area contributed by atoms with Crippen molar-refractivity contribution < 1.29 is 4.74 Å². The monoisotopic (exact) mass is 268 g/mol. The second-order valence-corrected chi connectivity index (χ2v) is 5.16. The van der Waals surface area contributed by atoms with Crippen LogP contribution < -0.4 is 10.2 Å². The molecule has 1 aliphatic carbocycles. The molecule has 0 atom stereocenters. The molecule has 1 aliphatic rings. The van der Waals surface area contributed by atoms with Crippen LogP contribution in [-0.2, 0) is 11.3 Å². The number of hydrogen-bond acceptors (Lipinski definition) is 3. The predicted octanol–water partition coefficient (Wildman–Crippen LogP) is 2.67. The maximum absolute atomic E-state index is 6.14. The maximum Gasteiger partial charge on any atom is 0.0637 e. The molecule has 0 aliphatic heterocycles. The van der Waals surface area contributed by atoms with Crippen molar-refractivity contribution in [2.24, 2.45) is 0 Å². The molecule has 0 unspecified atom stereocenters. The maximum atomic E-state index is 6.14. The van der Waals surface area contributed by atoms with Gasteiger partial charge in [-0.2, -0.15) is 0 Å². The molecule has 1 aromatic rings. The van der Waals surface area contributed by atoms with Crippen molar-refractivity contribution in [3.05, 3.63) is 28.8 Å². The van der Waals surface area contributed by atoms with Gasteiger partial charge >= 0.3 is 0 Å². The molecule has 0 heterocycles. The fourth-order valence-electron chi connectivity index (χ4n) is 2.22. The van der Waals surface area contributed by atoms with E-state index in [0.717, 1.165) is 24.7 Å². The highest BCUT2D eigenvalue weighted by molar-refractivity contribution is 6.30. The van der Waals surface area contributed by atoms with Gasteiger partial charge in [0.25, 0.3) is 0 Å². The number of hydrogen-bond donors (Lipinski definition) is 1. The van der Waals surface area contributed by atoms with Gasteiger partial charge in [-0.1, -0.05) is 17.7 Å². The fraction of sp³-hybridized carbons (Fsp3) is 0.571. The first kappa shape index (κ1) is 13.7. The topological polar surface area (TPSA) is 24.5 Å². The number of nitrogens with zero attached hydrogens (tertiary/aromatic N) is 1. The molecule has 2 rings (SSSR count). The van der Waals surface area contributed by atoms with Crippen LogP contribution >= 0.6 is 11.6 Å². The molecule has 4 heteroatoms. The van der Waals surface area contributed by atoms with Crippen LogP contribution in [0.15, 0.2) is 18.2 Å². The molecule has 0 radical (unpaired) electrons. The van der Waals surface area contributed by atoms with Crippen LogP contribution in [0.25, 0.3) is 0 Å². The number of anilines is 1. The van der Waals surface area contributed by atoms with E-state index < -0.39 is 0 Å². The lowest BCUT2D eigenvalue weighted by Gasteiger charge is -2.27. The summed E-state index contributed by atoms with van der Waals surface area (Å²) in [7, 11) is 3.71. The Morgan fingerprint density at radius 2 is 2.22 bits per heavy atom. The minimum absolute atomic E-state index is 0.661. The largest absolute Gasteiger partial charge is 0.383 e. The summed E-state index contributed by atoms with van der Waals surface area (Å²) in [5, 5.41) is 4.01. The zero-order valence-electron chi connectivity index (χ0n) is 11.1. The summed E-state index contributed by atoms with van der Waals surface area (Å²) >= 11 is 6.14. The van der Waals surface area contributed by atoms with Gasteiger partial charge in [0, 0.05) is 37.0 Å². The molecule has 100 valence electrons. The number of ether oxygens (including phenoxy) is 1. The van der Waals surface area contributed by atoms with Gasteiger partial charge < -0.3 is 15.0 Å². The molecule has 1 saturated carbocycles. The van der Waals surface area contributed by atoms with Crippen LogP contribution in [0.5, 0.6) is 0 Å². The van der Waals surface area contributed by atoms with Crippen LogP contribution in [0, 0.1) is 0 Å². The quantitative estimate of drug-likeness (QED) is 0.823. The Bertz CT molecular complexity index is 393. The first-order valence-electron chi connectivity index (χ1n) is 6.45. The normalized spacial score (nSPS) is 14.8. The highest BCUT2D eigenvalue weighted by Crippen LogP contribution is 2.34. The van der Waals surface area contributed by atoms with Crippen LogP contribution in [-0.4, -0.2) is 33.4 Å². The van der Waals surface area contributed by atoms with E-state index in [0.29, 0.717) is 6.04 Å². The molecule has 0 aromatic heterocycles. The summed E-state index contributed by atoms with van der Waals surface area (Å²) in [4.78, 5) is 2.43. The third-order valence-corrected chi connectivity index (χ3v) is 3.48. The molecule has 18 heavy (non-hydrogen) atoms. The Kier molecular flexibility index (Phi) is 4.87. The average Bonchev–Trinajstić information content (AvgIpc) is 3.17. The number of methoxy groups -OCH3 is 1. The highest BCUT2D eigenvalue weighted by Gasteiger charge is 2.30. The van der Waals surface area contributed by atoms with Gasteiger partial charge in [0.2, 0.25) is 0 Å². The molecular weight excluding hydrogens is 248 g/mol. The van der Waals surface area contributed by atoms with E-state index in [1.54, 1.807) is 7.11 Å². The Morgan fingerprint density at radius 3 is 2.83 bits per heavy atom. The minimum atomic E-state index is 0.661. The zero-order valence-corrected chi connectivity index (χ0v) is 11.8. The van der Waals surface area contributed by atoms with Crippen LogP contribution in [0.2, 0.25) is 5.02 Å². The van der Waals surface area contributed by atoms with Crippen LogP contribution in [0.1, 0.15) is 18.4 Å². The fourth-order valence-corrected chi connectivity index (χ4v) is 2.39. The molecule has 1 N–H and O–H groups in total. The van der Waals surface area contributed by atoms with Crippen molar-refractivity contribution >= 4 is 17.3 Å². The van der Waals surface area contributed by atoms with Crippen LogP contribution in [0.4, 0.5) is 5.69 Å². The lowest BCUT2D eigenvalue weighted by molar-refractivity contribution is 0.205. The van der Waals surface area contributed by atoms with E-state index >= 15 is 0 Å². The second kappa shape index (κ2) is 6.41. The van der Waals surface area contributed by atoms with E-state index in [4.69, 9.17) is 16.3 Å². The summed E-state index contributed by atoms with van der Waals surface area (Å²) in [6.07, 6.45) is 2.55. The number of nitrogens with one attached hydrogen (secondary N) is 1. The first-order valence-corrected chi connectivity index (χ1v) is 6.82. The summed E-state index contributed by atoms with van der Waals surface area (Å²) < 4.78 is 5.21. The predicted molar refractivity (Wildman–Crippen MR) is 76.5 cm³/mol. The Hall–Kier alpha value is -0.770. The Balaban J connectivity index is 2.23. The third-order valence-electron chi connectivity index (χ3n) is 3.25. The van der Waals surface area contributed by atoms with Crippen molar-refractivity contribution in [1.29, 1.82) is 0 Å². The summed E-state index contributed by atoms with van der Waals surface area (Å²) in [5.41, 5.74) is 2.54. The number of benzene rings is 1. The van der Waals surface area contributed by atoms with E-state index in [1.165, 1.54) is 24.1 Å². The van der Waals surface area contributed by atoms with Gasteiger partial charge in [0.05, 0.1) is 6.61 Å². The molecule has 0 spiro atoms. The second-order valence-electron chi connectivity index (χ2n) is 4.72. The van der Waals surface area contributed by atoms with Gasteiger partial charge in [0.15, 0.2) is 0 Å².